The molecule has 0 nitrogen and oxygen atoms in total. The maximum atomic E-state index is 1.87. The molecule has 4 aliphatic carbocycles. The van der Waals surface area contributed by atoms with Crippen LogP contribution in [0.2, 0.25) is 0 Å². The molecule has 1 saturated heterocycles. The molecule has 5 aliphatic rings. The Morgan fingerprint density at radius 3 is 0.875 bits per heavy atom. The van der Waals surface area contributed by atoms with Crippen molar-refractivity contribution in [2.45, 2.75) is 72.4 Å². The Labute approximate surface area is 103 Å². The third-order valence-electron chi connectivity index (χ3n) is 5.63. The summed E-state index contributed by atoms with van der Waals surface area (Å²) < 4.78 is 0. The van der Waals surface area contributed by atoms with E-state index in [1.165, 1.54) is 21.0 Å². The number of hydrogen-bond acceptors (Lipinski definition) is 0. The van der Waals surface area contributed by atoms with Crippen LogP contribution in [0.5, 0.6) is 0 Å². The highest BCUT2D eigenvalue weighted by atomic mass is 32.4. The van der Waals surface area contributed by atoms with Crippen LogP contribution in [-0.2, 0) is 0 Å². The molecule has 0 bridgehead atoms. The lowest BCUT2D eigenvalue weighted by molar-refractivity contribution is 1.28. The molecule has 0 radical (unpaired) electrons. The SMILES string of the molecule is C1CC1S1(C2CC2)CS(C2CC2)(C2CC2)C1. The lowest BCUT2D eigenvalue weighted by Crippen LogP contribution is -2.40. The summed E-state index contributed by atoms with van der Waals surface area (Å²) in [5.41, 5.74) is 0. The Morgan fingerprint density at radius 2 is 0.688 bits per heavy atom. The molecule has 2 heteroatoms. The van der Waals surface area contributed by atoms with Crippen molar-refractivity contribution in [3.05, 3.63) is 0 Å². The molecule has 5 rings (SSSR count). The first kappa shape index (κ1) is 9.61. The molecule has 0 spiro atoms. The van der Waals surface area contributed by atoms with E-state index in [1.807, 2.05) is 10.2 Å². The van der Waals surface area contributed by atoms with Gasteiger partial charge < -0.3 is 0 Å². The van der Waals surface area contributed by atoms with Crippen LogP contribution in [0.1, 0.15) is 51.4 Å². The first-order chi connectivity index (χ1) is 7.83. The van der Waals surface area contributed by atoms with Crippen LogP contribution in [0, 0.1) is 0 Å². The van der Waals surface area contributed by atoms with Crippen LogP contribution in [0.3, 0.4) is 0 Å². The second-order valence-corrected chi connectivity index (χ2v) is 15.6. The van der Waals surface area contributed by atoms with Gasteiger partial charge in [-0.3, -0.25) is 0 Å². The smallest absolute Gasteiger partial charge is 0.0100 e. The van der Waals surface area contributed by atoms with Gasteiger partial charge in [0.1, 0.15) is 0 Å². The Morgan fingerprint density at radius 1 is 0.438 bits per heavy atom. The second kappa shape index (κ2) is 2.82. The van der Waals surface area contributed by atoms with Crippen molar-refractivity contribution in [2.75, 3.05) is 10.2 Å². The summed E-state index contributed by atoms with van der Waals surface area (Å²) in [6.07, 6.45) is 13.2. The van der Waals surface area contributed by atoms with Crippen molar-refractivity contribution in [3.63, 3.8) is 0 Å². The van der Waals surface area contributed by atoms with Gasteiger partial charge in [-0.1, -0.05) is 0 Å². The quantitative estimate of drug-likeness (QED) is 0.708. The van der Waals surface area contributed by atoms with Crippen molar-refractivity contribution >= 4 is 20.1 Å². The largest absolute Gasteiger partial charge is 0.220 e. The average molecular weight is 256 g/mol. The minimum Gasteiger partial charge on any atom is -0.220 e. The fraction of sp³-hybridized carbons (Fsp3) is 1.00. The zero-order chi connectivity index (χ0) is 10.4. The highest BCUT2D eigenvalue weighted by molar-refractivity contribution is 8.64. The Hall–Kier alpha value is 0.700. The molecule has 0 aromatic rings. The van der Waals surface area contributed by atoms with Crippen molar-refractivity contribution in [3.8, 4) is 0 Å². The molecule has 1 heterocycles. The third-order valence-corrected chi connectivity index (χ3v) is 19.8. The van der Waals surface area contributed by atoms with Crippen molar-refractivity contribution in [2.24, 2.45) is 0 Å². The molecule has 4 saturated carbocycles. The van der Waals surface area contributed by atoms with Gasteiger partial charge >= 0.3 is 0 Å². The van der Waals surface area contributed by atoms with Crippen LogP contribution in [0.15, 0.2) is 0 Å². The van der Waals surface area contributed by atoms with Crippen molar-refractivity contribution in [1.82, 2.24) is 0 Å². The fourth-order valence-electron chi connectivity index (χ4n) is 4.25. The lowest BCUT2D eigenvalue weighted by atomic mass is 10.9. The normalized spacial score (nSPS) is 44.5. The van der Waals surface area contributed by atoms with E-state index >= 15 is 0 Å². The van der Waals surface area contributed by atoms with Gasteiger partial charge in [-0.25, -0.2) is 20.1 Å². The fourth-order valence-corrected chi connectivity index (χ4v) is 22.1. The van der Waals surface area contributed by atoms with Gasteiger partial charge in [-0.05, 0) is 72.4 Å². The summed E-state index contributed by atoms with van der Waals surface area (Å²) in [6, 6.07) is 0. The molecule has 0 N–H and O–H groups in total. The highest BCUT2D eigenvalue weighted by Crippen LogP contribution is 2.93. The van der Waals surface area contributed by atoms with E-state index in [9.17, 15) is 0 Å². The van der Waals surface area contributed by atoms with Gasteiger partial charge in [0.2, 0.25) is 0 Å². The zero-order valence-electron chi connectivity index (χ0n) is 10.2. The van der Waals surface area contributed by atoms with E-state index in [-0.39, 0.29) is 20.1 Å². The minimum absolute atomic E-state index is 0.0120. The van der Waals surface area contributed by atoms with Gasteiger partial charge in [0.05, 0.1) is 0 Å². The van der Waals surface area contributed by atoms with Gasteiger partial charge in [-0.2, -0.15) is 0 Å². The maximum Gasteiger partial charge on any atom is 0.0100 e. The van der Waals surface area contributed by atoms with Crippen molar-refractivity contribution in [1.29, 1.82) is 0 Å². The van der Waals surface area contributed by atoms with Crippen LogP contribution in [0.25, 0.3) is 0 Å². The molecule has 16 heavy (non-hydrogen) atoms. The number of rotatable bonds is 4. The van der Waals surface area contributed by atoms with E-state index in [2.05, 4.69) is 0 Å². The summed E-state index contributed by atoms with van der Waals surface area (Å²) in [5, 5.41) is 8.95. The predicted octanol–water partition coefficient (Wildman–Crippen LogP) is 4.17. The highest BCUT2D eigenvalue weighted by Gasteiger charge is 2.66. The average Bonchev–Trinajstić information content (AvgIpc) is 2.92. The molecule has 92 valence electrons. The van der Waals surface area contributed by atoms with Crippen LogP contribution in [-0.4, -0.2) is 31.2 Å². The Bertz CT molecular complexity index is 269. The van der Waals surface area contributed by atoms with E-state index in [0.717, 1.165) is 0 Å². The molecule has 0 atom stereocenters. The van der Waals surface area contributed by atoms with Gasteiger partial charge in [0, 0.05) is 10.2 Å². The molecule has 5 fully saturated rings. The molecule has 0 unspecified atom stereocenters. The lowest BCUT2D eigenvalue weighted by Gasteiger charge is -2.66. The summed E-state index contributed by atoms with van der Waals surface area (Å²) in [6.45, 7) is 0. The standard InChI is InChI=1S/C14H24S2/c1-2-11(1)15(12-3-4-12)9-16(10-15,13-5-6-13)14-7-8-14/h11-14H,1-10H2. The minimum atomic E-state index is 0.0120. The monoisotopic (exact) mass is 256 g/mol. The van der Waals surface area contributed by atoms with Crippen molar-refractivity contribution < 1.29 is 0 Å². The molecule has 0 aromatic heterocycles. The first-order valence-corrected chi connectivity index (χ1v) is 11.6. The maximum absolute atomic E-state index is 1.87. The molecular weight excluding hydrogens is 232 g/mol. The Balaban J connectivity index is 1.44. The Kier molecular flexibility index (Phi) is 1.69. The first-order valence-electron chi connectivity index (χ1n) is 7.36. The van der Waals surface area contributed by atoms with Gasteiger partial charge in [0.15, 0.2) is 0 Å². The van der Waals surface area contributed by atoms with E-state index < -0.39 is 0 Å². The van der Waals surface area contributed by atoms with E-state index in [4.69, 9.17) is 0 Å². The van der Waals surface area contributed by atoms with E-state index in [1.54, 1.807) is 51.4 Å². The third kappa shape index (κ3) is 1.16. The molecule has 0 amide bonds. The van der Waals surface area contributed by atoms with Crippen LogP contribution >= 0.6 is 20.1 Å². The second-order valence-electron chi connectivity index (χ2n) is 7.05. The topological polar surface area (TPSA) is 0 Å². The summed E-state index contributed by atoms with van der Waals surface area (Å²) in [4.78, 5) is 0. The van der Waals surface area contributed by atoms with Crippen LogP contribution in [0.4, 0.5) is 0 Å². The number of hydrogen-bond donors (Lipinski definition) is 0. The molecule has 0 aromatic carbocycles. The zero-order valence-corrected chi connectivity index (χ0v) is 11.8. The van der Waals surface area contributed by atoms with E-state index in [0.29, 0.717) is 0 Å². The van der Waals surface area contributed by atoms with Gasteiger partial charge in [-0.15, -0.1) is 0 Å². The van der Waals surface area contributed by atoms with Gasteiger partial charge in [0.25, 0.3) is 0 Å². The molecule has 1 aliphatic heterocycles. The molecular formula is C14H24S2. The summed E-state index contributed by atoms with van der Waals surface area (Å²) in [5.74, 6) is 0. The summed E-state index contributed by atoms with van der Waals surface area (Å²) in [7, 11) is 0.0240. The van der Waals surface area contributed by atoms with Crippen LogP contribution < -0.4 is 0 Å². The predicted molar refractivity (Wildman–Crippen MR) is 77.0 cm³/mol. The summed E-state index contributed by atoms with van der Waals surface area (Å²) >= 11 is 0.